The lowest BCUT2D eigenvalue weighted by atomic mass is 10.0. The molecule has 196 valence electrons. The summed E-state index contributed by atoms with van der Waals surface area (Å²) in [6.07, 6.45) is 4.45. The fraction of sp³-hybridized carbons (Fsp3) is 0.583. The number of unbranched alkanes of at least 4 members (excludes halogenated alkanes) is 1. The predicted molar refractivity (Wildman–Crippen MR) is 136 cm³/mol. The van der Waals surface area contributed by atoms with Crippen LogP contribution in [0, 0.1) is 10.1 Å². The molecular formula is C24H33N5O6S. The van der Waals surface area contributed by atoms with Crippen molar-refractivity contribution in [2.45, 2.75) is 75.2 Å². The van der Waals surface area contributed by atoms with Crippen molar-refractivity contribution >= 4 is 41.1 Å². The molecule has 2 heterocycles. The molecule has 2 fully saturated rings. The van der Waals surface area contributed by atoms with E-state index < -0.39 is 10.7 Å². The molecule has 0 saturated carbocycles. The number of nitro benzene ring substituents is 1. The van der Waals surface area contributed by atoms with Gasteiger partial charge in [0.25, 0.3) is 5.69 Å². The number of carbonyl (C=O) groups excluding carboxylic acids is 4. The molecule has 1 unspecified atom stereocenters. The molecule has 36 heavy (non-hydrogen) atoms. The summed E-state index contributed by atoms with van der Waals surface area (Å²) in [5, 5.41) is 22.8. The molecule has 2 aliphatic rings. The Hall–Kier alpha value is -3.15. The molecule has 0 aromatic heterocycles. The smallest absolute Gasteiger partial charge is 0.315 e. The molecule has 2 aliphatic heterocycles. The van der Waals surface area contributed by atoms with E-state index in [9.17, 15) is 29.3 Å². The number of nitrogens with zero attached hydrogens (tertiary/aromatic N) is 1. The first kappa shape index (κ1) is 27.4. The van der Waals surface area contributed by atoms with Gasteiger partial charge in [-0.25, -0.2) is 4.79 Å². The lowest BCUT2D eigenvalue weighted by Gasteiger charge is -2.17. The van der Waals surface area contributed by atoms with Gasteiger partial charge in [0.2, 0.25) is 11.8 Å². The summed E-state index contributed by atoms with van der Waals surface area (Å²) >= 11 is 1.87. The maximum atomic E-state index is 12.2. The minimum atomic E-state index is -0.623. The van der Waals surface area contributed by atoms with Crippen molar-refractivity contribution in [3.8, 4) is 0 Å². The van der Waals surface area contributed by atoms with E-state index in [-0.39, 0.29) is 60.2 Å². The van der Waals surface area contributed by atoms with Crippen LogP contribution in [0.25, 0.3) is 0 Å². The Bertz CT molecular complexity index is 989. The molecule has 0 spiro atoms. The molecule has 11 nitrogen and oxygen atoms in total. The van der Waals surface area contributed by atoms with E-state index in [2.05, 4.69) is 21.3 Å². The van der Waals surface area contributed by atoms with Crippen LogP contribution >= 0.6 is 11.8 Å². The van der Waals surface area contributed by atoms with Gasteiger partial charge in [-0.3, -0.25) is 24.5 Å². The topological polar surface area (TPSA) is 160 Å². The summed E-state index contributed by atoms with van der Waals surface area (Å²) in [5.41, 5.74) is -0.320. The van der Waals surface area contributed by atoms with Crippen molar-refractivity contribution in [2.75, 3.05) is 12.3 Å². The molecule has 1 aromatic carbocycles. The Morgan fingerprint density at radius 3 is 2.67 bits per heavy atom. The maximum absolute atomic E-state index is 12.2. The van der Waals surface area contributed by atoms with Crippen molar-refractivity contribution < 1.29 is 24.1 Å². The van der Waals surface area contributed by atoms with Crippen molar-refractivity contribution in [3.05, 3.63) is 39.9 Å². The zero-order valence-corrected chi connectivity index (χ0v) is 21.1. The number of thioether (sulfide) groups is 1. The monoisotopic (exact) mass is 519 g/mol. The second-order valence-electron chi connectivity index (χ2n) is 9.20. The van der Waals surface area contributed by atoms with Crippen LogP contribution in [0.4, 0.5) is 10.5 Å². The van der Waals surface area contributed by atoms with Crippen molar-refractivity contribution in [3.63, 3.8) is 0 Å². The molecule has 3 rings (SSSR count). The summed E-state index contributed by atoms with van der Waals surface area (Å²) in [6, 6.07) is 5.86. The fourth-order valence-corrected chi connectivity index (χ4v) is 6.04. The predicted octanol–water partition coefficient (Wildman–Crippen LogP) is 2.29. The van der Waals surface area contributed by atoms with Gasteiger partial charge in [0, 0.05) is 36.0 Å². The summed E-state index contributed by atoms with van der Waals surface area (Å²) in [4.78, 5) is 58.4. The van der Waals surface area contributed by atoms with Crippen LogP contribution in [0.5, 0.6) is 0 Å². The van der Waals surface area contributed by atoms with Gasteiger partial charge in [-0.1, -0.05) is 18.6 Å². The SMILES string of the molecule is CC(CCCC(=O)NCC(=O)c1ccccc1[N+](=O)[O-])NC(=O)CCCC[C@@H]1SC[C@@H]2NC(=O)N[C@@H]21. The Labute approximate surface area is 214 Å². The van der Waals surface area contributed by atoms with Gasteiger partial charge in [-0.2, -0.15) is 11.8 Å². The van der Waals surface area contributed by atoms with Crippen molar-refractivity contribution in [2.24, 2.45) is 0 Å². The number of nitrogens with one attached hydrogen (secondary N) is 4. The second kappa shape index (κ2) is 13.2. The minimum Gasteiger partial charge on any atom is -0.354 e. The Balaban J connectivity index is 1.24. The third-order valence-corrected chi connectivity index (χ3v) is 7.88. The molecule has 1 aromatic rings. The highest BCUT2D eigenvalue weighted by Crippen LogP contribution is 2.33. The number of benzene rings is 1. The largest absolute Gasteiger partial charge is 0.354 e. The summed E-state index contributed by atoms with van der Waals surface area (Å²) in [7, 11) is 0. The van der Waals surface area contributed by atoms with Gasteiger partial charge in [-0.05, 0) is 38.7 Å². The Morgan fingerprint density at radius 2 is 1.89 bits per heavy atom. The standard InChI is InChI=1S/C24H33N5O6S/c1-15(26-22(32)11-5-4-10-20-23-17(14-36-20)27-24(33)28-23)7-6-12-21(31)25-13-19(30)16-8-2-3-9-18(16)29(34)35/h2-3,8-9,15,17,20,23H,4-7,10-14H2,1H3,(H,25,31)(H,26,32)(H2,27,28,33)/t15?,17-,20-,23-/m0/s1. The second-order valence-corrected chi connectivity index (χ2v) is 10.5. The maximum Gasteiger partial charge on any atom is 0.315 e. The van der Waals surface area contributed by atoms with Gasteiger partial charge in [0.05, 0.1) is 29.1 Å². The molecule has 2 saturated heterocycles. The van der Waals surface area contributed by atoms with E-state index in [4.69, 9.17) is 0 Å². The van der Waals surface area contributed by atoms with E-state index in [0.29, 0.717) is 24.5 Å². The number of hydrogen-bond acceptors (Lipinski definition) is 7. The number of para-hydroxylation sites is 1. The number of nitro groups is 1. The molecule has 4 N–H and O–H groups in total. The number of carbonyl (C=O) groups is 4. The van der Waals surface area contributed by atoms with Crippen LogP contribution in [0.3, 0.4) is 0 Å². The zero-order valence-electron chi connectivity index (χ0n) is 20.3. The quantitative estimate of drug-likeness (QED) is 0.0964. The number of rotatable bonds is 14. The minimum absolute atomic E-state index is 0.0187. The number of amides is 4. The molecule has 4 amide bonds. The summed E-state index contributed by atoms with van der Waals surface area (Å²) in [6.45, 7) is 1.58. The highest BCUT2D eigenvalue weighted by Gasteiger charge is 2.42. The molecule has 0 aliphatic carbocycles. The van der Waals surface area contributed by atoms with Crippen LogP contribution in [0.1, 0.15) is 62.2 Å². The molecule has 4 atom stereocenters. The van der Waals surface area contributed by atoms with Crippen LogP contribution in [-0.2, 0) is 9.59 Å². The lowest BCUT2D eigenvalue weighted by molar-refractivity contribution is -0.385. The third kappa shape index (κ3) is 7.94. The Kier molecular flexibility index (Phi) is 10.1. The van der Waals surface area contributed by atoms with Gasteiger partial charge < -0.3 is 21.3 Å². The van der Waals surface area contributed by atoms with Crippen molar-refractivity contribution in [1.29, 1.82) is 0 Å². The first-order valence-corrected chi connectivity index (χ1v) is 13.3. The number of hydrogen-bond donors (Lipinski definition) is 4. The van der Waals surface area contributed by atoms with E-state index in [1.54, 1.807) is 0 Å². The molecule has 12 heteroatoms. The van der Waals surface area contributed by atoms with Crippen LogP contribution in [-0.4, -0.2) is 64.2 Å². The number of ketones is 1. The van der Waals surface area contributed by atoms with Crippen molar-refractivity contribution in [1.82, 2.24) is 21.3 Å². The van der Waals surface area contributed by atoms with E-state index in [1.807, 2.05) is 18.7 Å². The van der Waals surface area contributed by atoms with E-state index in [1.165, 1.54) is 24.3 Å². The summed E-state index contributed by atoms with van der Waals surface area (Å²) < 4.78 is 0. The zero-order chi connectivity index (χ0) is 26.1. The number of urea groups is 1. The highest BCUT2D eigenvalue weighted by atomic mass is 32.2. The van der Waals surface area contributed by atoms with Crippen LogP contribution in [0.15, 0.2) is 24.3 Å². The molecule has 0 bridgehead atoms. The molecule has 0 radical (unpaired) electrons. The van der Waals surface area contributed by atoms with Gasteiger partial charge in [0.15, 0.2) is 5.78 Å². The van der Waals surface area contributed by atoms with Gasteiger partial charge in [0.1, 0.15) is 0 Å². The van der Waals surface area contributed by atoms with E-state index >= 15 is 0 Å². The lowest BCUT2D eigenvalue weighted by Crippen LogP contribution is -2.36. The summed E-state index contributed by atoms with van der Waals surface area (Å²) in [5.74, 6) is 0.0684. The average molecular weight is 520 g/mol. The molecular weight excluding hydrogens is 486 g/mol. The van der Waals surface area contributed by atoms with E-state index in [0.717, 1.165) is 25.0 Å². The Morgan fingerprint density at radius 1 is 1.14 bits per heavy atom. The normalized spacial score (nSPS) is 21.1. The van der Waals surface area contributed by atoms with Gasteiger partial charge in [-0.15, -0.1) is 0 Å². The van der Waals surface area contributed by atoms with Crippen LogP contribution < -0.4 is 21.3 Å². The number of fused-ring (bicyclic) bond motifs is 1. The fourth-order valence-electron chi connectivity index (χ4n) is 4.49. The van der Waals surface area contributed by atoms with Crippen LogP contribution in [0.2, 0.25) is 0 Å². The first-order chi connectivity index (χ1) is 17.2. The third-order valence-electron chi connectivity index (χ3n) is 6.38. The first-order valence-electron chi connectivity index (χ1n) is 12.3. The number of Topliss-reactive ketones (excluding diaryl/α,β-unsaturated/α-hetero) is 1. The van der Waals surface area contributed by atoms with Gasteiger partial charge >= 0.3 is 6.03 Å². The average Bonchev–Trinajstić information content (AvgIpc) is 3.39. The highest BCUT2D eigenvalue weighted by molar-refractivity contribution is 8.00.